The van der Waals surface area contributed by atoms with Crippen LogP contribution in [0, 0.1) is 6.92 Å². The molecule has 3 nitrogen and oxygen atoms in total. The molecule has 0 bridgehead atoms. The number of carbonyl (C=O) groups is 1. The van der Waals surface area contributed by atoms with Crippen LogP contribution in [0.2, 0.25) is 0 Å². The maximum Gasteiger partial charge on any atom is 0.257 e. The lowest BCUT2D eigenvalue weighted by Gasteiger charge is -2.01. The Morgan fingerprint density at radius 3 is 2.92 bits per heavy atom. The SMILES string of the molecule is Cc1cccc2c1NC(=O)C2O. The first kappa shape index (κ1) is 7.31. The molecule has 1 atom stereocenters. The zero-order chi connectivity index (χ0) is 8.72. The Balaban J connectivity index is 2.60. The number of benzene rings is 1. The second kappa shape index (κ2) is 2.32. The molecule has 1 amide bonds. The van der Waals surface area contributed by atoms with Gasteiger partial charge in [-0.15, -0.1) is 0 Å². The van der Waals surface area contributed by atoms with Gasteiger partial charge in [-0.2, -0.15) is 0 Å². The van der Waals surface area contributed by atoms with Gasteiger partial charge in [0.15, 0.2) is 6.10 Å². The highest BCUT2D eigenvalue weighted by Gasteiger charge is 2.28. The first-order valence-corrected chi connectivity index (χ1v) is 3.78. The lowest BCUT2D eigenvalue weighted by atomic mass is 10.1. The Hall–Kier alpha value is -1.35. The van der Waals surface area contributed by atoms with Gasteiger partial charge < -0.3 is 10.4 Å². The fourth-order valence-electron chi connectivity index (χ4n) is 1.42. The predicted molar refractivity (Wildman–Crippen MR) is 44.8 cm³/mol. The molecule has 1 unspecified atom stereocenters. The summed E-state index contributed by atoms with van der Waals surface area (Å²) in [5.41, 5.74) is 2.42. The van der Waals surface area contributed by atoms with Crippen molar-refractivity contribution in [3.63, 3.8) is 0 Å². The average Bonchev–Trinajstić information content (AvgIpc) is 2.32. The largest absolute Gasteiger partial charge is 0.378 e. The van der Waals surface area contributed by atoms with Crippen LogP contribution in [0.15, 0.2) is 18.2 Å². The van der Waals surface area contributed by atoms with E-state index in [0.717, 1.165) is 11.3 Å². The minimum absolute atomic E-state index is 0.334. The number of aliphatic hydroxyl groups excluding tert-OH is 1. The number of hydrogen-bond acceptors (Lipinski definition) is 2. The zero-order valence-electron chi connectivity index (χ0n) is 6.66. The van der Waals surface area contributed by atoms with Crippen molar-refractivity contribution < 1.29 is 9.90 Å². The quantitative estimate of drug-likeness (QED) is 0.599. The van der Waals surface area contributed by atoms with Gasteiger partial charge in [-0.3, -0.25) is 4.79 Å². The molecule has 1 aromatic rings. The van der Waals surface area contributed by atoms with Crippen LogP contribution >= 0.6 is 0 Å². The number of aryl methyl sites for hydroxylation is 1. The standard InChI is InChI=1S/C9H9NO2/c1-5-3-2-4-6-7(5)10-9(12)8(6)11/h2-4,8,11H,1H3,(H,10,12). The van der Waals surface area contributed by atoms with E-state index in [0.29, 0.717) is 5.56 Å². The summed E-state index contributed by atoms with van der Waals surface area (Å²) in [7, 11) is 0. The van der Waals surface area contributed by atoms with E-state index in [9.17, 15) is 9.90 Å². The molecule has 0 aliphatic carbocycles. The molecule has 0 spiro atoms. The second-order valence-corrected chi connectivity index (χ2v) is 2.93. The van der Waals surface area contributed by atoms with Gasteiger partial charge in [-0.1, -0.05) is 18.2 Å². The van der Waals surface area contributed by atoms with Gasteiger partial charge in [-0.25, -0.2) is 0 Å². The van der Waals surface area contributed by atoms with Crippen LogP contribution in [0.25, 0.3) is 0 Å². The number of anilines is 1. The van der Waals surface area contributed by atoms with Gasteiger partial charge in [0, 0.05) is 5.56 Å². The molecule has 1 heterocycles. The van der Waals surface area contributed by atoms with Gasteiger partial charge in [0.05, 0.1) is 5.69 Å². The molecule has 1 aromatic carbocycles. The maximum absolute atomic E-state index is 11.0. The highest BCUT2D eigenvalue weighted by Crippen LogP contribution is 2.32. The van der Waals surface area contributed by atoms with E-state index >= 15 is 0 Å². The van der Waals surface area contributed by atoms with Gasteiger partial charge in [0.2, 0.25) is 0 Å². The lowest BCUT2D eigenvalue weighted by Crippen LogP contribution is -2.10. The summed E-state index contributed by atoms with van der Waals surface area (Å²) < 4.78 is 0. The van der Waals surface area contributed by atoms with Crippen molar-refractivity contribution in [1.29, 1.82) is 0 Å². The Labute approximate surface area is 70.0 Å². The van der Waals surface area contributed by atoms with Crippen molar-refractivity contribution in [3.8, 4) is 0 Å². The predicted octanol–water partition coefficient (Wildman–Crippen LogP) is 0.981. The van der Waals surface area contributed by atoms with E-state index in [4.69, 9.17) is 0 Å². The number of rotatable bonds is 0. The number of aliphatic hydroxyl groups is 1. The summed E-state index contributed by atoms with van der Waals surface area (Å²) in [5.74, 6) is -0.334. The molecule has 62 valence electrons. The molecule has 0 radical (unpaired) electrons. The van der Waals surface area contributed by atoms with Crippen LogP contribution in [-0.4, -0.2) is 11.0 Å². The third kappa shape index (κ3) is 0.833. The third-order valence-corrected chi connectivity index (χ3v) is 2.10. The summed E-state index contributed by atoms with van der Waals surface area (Å²) in [4.78, 5) is 11.0. The number of carbonyl (C=O) groups excluding carboxylic acids is 1. The Morgan fingerprint density at radius 1 is 1.50 bits per heavy atom. The number of nitrogens with one attached hydrogen (secondary N) is 1. The minimum atomic E-state index is -0.986. The van der Waals surface area contributed by atoms with Gasteiger partial charge in [0.1, 0.15) is 0 Å². The molecule has 2 rings (SSSR count). The van der Waals surface area contributed by atoms with Crippen molar-refractivity contribution in [2.45, 2.75) is 13.0 Å². The van der Waals surface area contributed by atoms with Gasteiger partial charge >= 0.3 is 0 Å². The number of fused-ring (bicyclic) bond motifs is 1. The first-order chi connectivity index (χ1) is 5.70. The molecular weight excluding hydrogens is 154 g/mol. The topological polar surface area (TPSA) is 49.3 Å². The minimum Gasteiger partial charge on any atom is -0.378 e. The van der Waals surface area contributed by atoms with E-state index < -0.39 is 6.10 Å². The third-order valence-electron chi connectivity index (χ3n) is 2.10. The molecular formula is C9H9NO2. The summed E-state index contributed by atoms with van der Waals surface area (Å²) >= 11 is 0. The van der Waals surface area contributed by atoms with Crippen molar-refractivity contribution in [2.75, 3.05) is 5.32 Å². The molecule has 1 aliphatic heterocycles. The maximum atomic E-state index is 11.0. The average molecular weight is 163 g/mol. The molecule has 0 aromatic heterocycles. The number of para-hydroxylation sites is 1. The Bertz CT molecular complexity index is 346. The first-order valence-electron chi connectivity index (χ1n) is 3.78. The molecule has 0 saturated heterocycles. The highest BCUT2D eigenvalue weighted by molar-refractivity contribution is 6.02. The van der Waals surface area contributed by atoms with Crippen LogP contribution in [-0.2, 0) is 4.79 Å². The molecule has 1 aliphatic rings. The van der Waals surface area contributed by atoms with Crippen LogP contribution in [0.5, 0.6) is 0 Å². The van der Waals surface area contributed by atoms with Crippen LogP contribution < -0.4 is 5.32 Å². The smallest absolute Gasteiger partial charge is 0.257 e. The second-order valence-electron chi connectivity index (χ2n) is 2.93. The van der Waals surface area contributed by atoms with Crippen molar-refractivity contribution >= 4 is 11.6 Å². The van der Waals surface area contributed by atoms with E-state index in [-0.39, 0.29) is 5.91 Å². The van der Waals surface area contributed by atoms with Crippen molar-refractivity contribution in [3.05, 3.63) is 29.3 Å². The summed E-state index contributed by atoms with van der Waals surface area (Å²) in [5, 5.41) is 12.0. The lowest BCUT2D eigenvalue weighted by molar-refractivity contribution is -0.123. The van der Waals surface area contributed by atoms with Crippen LogP contribution in [0.1, 0.15) is 17.2 Å². The highest BCUT2D eigenvalue weighted by atomic mass is 16.3. The molecule has 12 heavy (non-hydrogen) atoms. The summed E-state index contributed by atoms with van der Waals surface area (Å²) in [6.07, 6.45) is -0.986. The van der Waals surface area contributed by atoms with E-state index in [1.807, 2.05) is 19.1 Å². The molecule has 0 saturated carbocycles. The normalized spacial score (nSPS) is 20.5. The number of amides is 1. The van der Waals surface area contributed by atoms with Crippen LogP contribution in [0.4, 0.5) is 5.69 Å². The van der Waals surface area contributed by atoms with E-state index in [1.165, 1.54) is 0 Å². The van der Waals surface area contributed by atoms with Gasteiger partial charge in [0.25, 0.3) is 5.91 Å². The zero-order valence-corrected chi connectivity index (χ0v) is 6.66. The van der Waals surface area contributed by atoms with E-state index in [1.54, 1.807) is 6.07 Å². The van der Waals surface area contributed by atoms with Gasteiger partial charge in [-0.05, 0) is 12.5 Å². The number of hydrogen-bond donors (Lipinski definition) is 2. The summed E-state index contributed by atoms with van der Waals surface area (Å²) in [6, 6.07) is 5.49. The molecule has 0 fully saturated rings. The van der Waals surface area contributed by atoms with Crippen molar-refractivity contribution in [1.82, 2.24) is 0 Å². The fourth-order valence-corrected chi connectivity index (χ4v) is 1.42. The molecule has 2 N–H and O–H groups in total. The van der Waals surface area contributed by atoms with Crippen molar-refractivity contribution in [2.24, 2.45) is 0 Å². The molecule has 3 heteroatoms. The fraction of sp³-hybridized carbons (Fsp3) is 0.222. The Morgan fingerprint density at radius 2 is 2.25 bits per heavy atom. The van der Waals surface area contributed by atoms with E-state index in [2.05, 4.69) is 5.32 Å². The Kier molecular flexibility index (Phi) is 1.41. The summed E-state index contributed by atoms with van der Waals surface area (Å²) in [6.45, 7) is 1.90. The van der Waals surface area contributed by atoms with Crippen LogP contribution in [0.3, 0.4) is 0 Å². The monoisotopic (exact) mass is 163 g/mol.